The van der Waals surface area contributed by atoms with Crippen molar-refractivity contribution >= 4 is 16.9 Å². The van der Waals surface area contributed by atoms with Crippen LogP contribution in [0.25, 0.3) is 22.4 Å². The second kappa shape index (κ2) is 5.44. The number of rotatable bonds is 2. The molecule has 3 rings (SSSR count). The SMILES string of the molecule is COC(=O)c1ccc(-c2nc(=O)c3cc(C)ccc3o2)cc1. The Bertz CT molecular complexity index is 910. The number of fused-ring (bicyclic) bond motifs is 1. The summed E-state index contributed by atoms with van der Waals surface area (Å²) in [4.78, 5) is 27.5. The van der Waals surface area contributed by atoms with Gasteiger partial charge >= 0.3 is 5.97 Å². The summed E-state index contributed by atoms with van der Waals surface area (Å²) in [6.45, 7) is 1.90. The van der Waals surface area contributed by atoms with E-state index < -0.39 is 5.97 Å². The minimum atomic E-state index is -0.421. The van der Waals surface area contributed by atoms with Gasteiger partial charge in [-0.1, -0.05) is 11.6 Å². The zero-order valence-electron chi connectivity index (χ0n) is 12.1. The Labute approximate surface area is 126 Å². The Hall–Kier alpha value is -2.95. The number of esters is 1. The molecule has 5 heteroatoms. The van der Waals surface area contributed by atoms with Crippen LogP contribution in [0.5, 0.6) is 0 Å². The highest BCUT2D eigenvalue weighted by Crippen LogP contribution is 2.21. The second-order valence-corrected chi connectivity index (χ2v) is 4.89. The maximum Gasteiger partial charge on any atom is 0.337 e. The third kappa shape index (κ3) is 2.48. The molecule has 0 aliphatic rings. The zero-order valence-corrected chi connectivity index (χ0v) is 12.1. The van der Waals surface area contributed by atoms with Crippen LogP contribution in [-0.2, 0) is 4.74 Å². The van der Waals surface area contributed by atoms with Crippen LogP contribution in [0, 0.1) is 6.92 Å². The van der Waals surface area contributed by atoms with E-state index in [1.165, 1.54) is 7.11 Å². The lowest BCUT2D eigenvalue weighted by Gasteiger charge is -2.04. The topological polar surface area (TPSA) is 69.4 Å². The molecule has 0 aliphatic heterocycles. The number of carbonyl (C=O) groups is 1. The summed E-state index contributed by atoms with van der Waals surface area (Å²) in [5.41, 5.74) is 2.16. The predicted molar refractivity (Wildman–Crippen MR) is 81.8 cm³/mol. The summed E-state index contributed by atoms with van der Waals surface area (Å²) < 4.78 is 10.3. The van der Waals surface area contributed by atoms with E-state index in [0.29, 0.717) is 22.1 Å². The van der Waals surface area contributed by atoms with Crippen LogP contribution in [0.15, 0.2) is 51.7 Å². The zero-order chi connectivity index (χ0) is 15.7. The summed E-state index contributed by atoms with van der Waals surface area (Å²) in [6.07, 6.45) is 0. The highest BCUT2D eigenvalue weighted by Gasteiger charge is 2.10. The number of carbonyl (C=O) groups excluding carboxylic acids is 1. The first-order chi connectivity index (χ1) is 10.6. The maximum absolute atomic E-state index is 12.1. The van der Waals surface area contributed by atoms with E-state index >= 15 is 0 Å². The summed E-state index contributed by atoms with van der Waals surface area (Å²) in [5.74, 6) is -0.201. The number of hydrogen-bond donors (Lipinski definition) is 0. The van der Waals surface area contributed by atoms with Gasteiger partial charge < -0.3 is 9.15 Å². The quantitative estimate of drug-likeness (QED) is 0.680. The van der Waals surface area contributed by atoms with Gasteiger partial charge in [-0.2, -0.15) is 4.98 Å². The third-order valence-corrected chi connectivity index (χ3v) is 3.33. The van der Waals surface area contributed by atoms with Gasteiger partial charge in [0.15, 0.2) is 0 Å². The van der Waals surface area contributed by atoms with Crippen molar-refractivity contribution < 1.29 is 13.9 Å². The fourth-order valence-electron chi connectivity index (χ4n) is 2.17. The number of methoxy groups -OCH3 is 1. The van der Waals surface area contributed by atoms with Crippen LogP contribution >= 0.6 is 0 Å². The van der Waals surface area contributed by atoms with Gasteiger partial charge in [-0.3, -0.25) is 4.79 Å². The Morgan fingerprint density at radius 2 is 1.86 bits per heavy atom. The molecule has 5 nitrogen and oxygen atoms in total. The van der Waals surface area contributed by atoms with E-state index in [1.807, 2.05) is 13.0 Å². The summed E-state index contributed by atoms with van der Waals surface area (Å²) >= 11 is 0. The average Bonchev–Trinajstić information content (AvgIpc) is 2.55. The van der Waals surface area contributed by atoms with E-state index in [0.717, 1.165) is 5.56 Å². The number of hydrogen-bond acceptors (Lipinski definition) is 5. The summed E-state index contributed by atoms with van der Waals surface area (Å²) in [5, 5.41) is 0.454. The molecule has 0 bridgehead atoms. The van der Waals surface area contributed by atoms with Gasteiger partial charge in [0.25, 0.3) is 5.56 Å². The van der Waals surface area contributed by atoms with Gasteiger partial charge in [0.2, 0.25) is 5.89 Å². The van der Waals surface area contributed by atoms with Gasteiger partial charge in [-0.15, -0.1) is 0 Å². The van der Waals surface area contributed by atoms with Crippen LogP contribution in [0.4, 0.5) is 0 Å². The molecule has 22 heavy (non-hydrogen) atoms. The molecule has 0 unspecified atom stereocenters. The molecule has 0 amide bonds. The van der Waals surface area contributed by atoms with Crippen LogP contribution in [0.2, 0.25) is 0 Å². The molecule has 0 spiro atoms. The molecular formula is C17H13NO4. The van der Waals surface area contributed by atoms with Crippen LogP contribution < -0.4 is 5.56 Å². The highest BCUT2D eigenvalue weighted by atomic mass is 16.5. The summed E-state index contributed by atoms with van der Waals surface area (Å²) in [7, 11) is 1.32. The number of ether oxygens (including phenoxy) is 1. The molecule has 2 aromatic carbocycles. The van der Waals surface area contributed by atoms with E-state index in [9.17, 15) is 9.59 Å². The van der Waals surface area contributed by atoms with Crippen molar-refractivity contribution in [2.45, 2.75) is 6.92 Å². The fraction of sp³-hybridized carbons (Fsp3) is 0.118. The lowest BCUT2D eigenvalue weighted by molar-refractivity contribution is 0.0600. The van der Waals surface area contributed by atoms with Crippen molar-refractivity contribution in [2.24, 2.45) is 0 Å². The van der Waals surface area contributed by atoms with E-state index in [4.69, 9.17) is 4.42 Å². The smallest absolute Gasteiger partial charge is 0.337 e. The average molecular weight is 295 g/mol. The molecule has 0 saturated carbocycles. The second-order valence-electron chi connectivity index (χ2n) is 4.89. The lowest BCUT2D eigenvalue weighted by Crippen LogP contribution is -2.07. The number of aromatic nitrogens is 1. The van der Waals surface area contributed by atoms with Crippen LogP contribution in [-0.4, -0.2) is 18.1 Å². The van der Waals surface area contributed by atoms with Crippen molar-refractivity contribution in [1.82, 2.24) is 4.98 Å². The Morgan fingerprint density at radius 3 is 2.55 bits per heavy atom. The van der Waals surface area contributed by atoms with Gasteiger partial charge in [0, 0.05) is 5.56 Å². The summed E-state index contributed by atoms with van der Waals surface area (Å²) in [6, 6.07) is 11.9. The van der Waals surface area contributed by atoms with Crippen molar-refractivity contribution in [3.63, 3.8) is 0 Å². The maximum atomic E-state index is 12.1. The first-order valence-corrected chi connectivity index (χ1v) is 6.69. The molecule has 110 valence electrons. The van der Waals surface area contributed by atoms with Crippen molar-refractivity contribution in [2.75, 3.05) is 7.11 Å². The van der Waals surface area contributed by atoms with Crippen LogP contribution in [0.1, 0.15) is 15.9 Å². The van der Waals surface area contributed by atoms with Crippen LogP contribution in [0.3, 0.4) is 0 Å². The Balaban J connectivity index is 2.08. The van der Waals surface area contributed by atoms with Crippen molar-refractivity contribution in [3.8, 4) is 11.5 Å². The van der Waals surface area contributed by atoms with E-state index in [1.54, 1.807) is 36.4 Å². The lowest BCUT2D eigenvalue weighted by atomic mass is 10.1. The van der Waals surface area contributed by atoms with E-state index in [2.05, 4.69) is 9.72 Å². The normalized spacial score (nSPS) is 10.6. The molecule has 0 N–H and O–H groups in total. The number of aryl methyl sites for hydroxylation is 1. The Morgan fingerprint density at radius 1 is 1.14 bits per heavy atom. The highest BCUT2D eigenvalue weighted by molar-refractivity contribution is 5.89. The monoisotopic (exact) mass is 295 g/mol. The molecular weight excluding hydrogens is 282 g/mol. The molecule has 0 atom stereocenters. The fourth-order valence-corrected chi connectivity index (χ4v) is 2.17. The largest absolute Gasteiger partial charge is 0.465 e. The first-order valence-electron chi connectivity index (χ1n) is 6.69. The minimum absolute atomic E-state index is 0.220. The van der Waals surface area contributed by atoms with Gasteiger partial charge in [-0.25, -0.2) is 4.79 Å². The predicted octanol–water partition coefficient (Wildman–Crippen LogP) is 2.95. The standard InChI is InChI=1S/C17H13NO4/c1-10-3-8-14-13(9-10)15(19)18-16(22-14)11-4-6-12(7-5-11)17(20)21-2/h3-9H,1-2H3. The molecule has 1 heterocycles. The molecule has 1 aromatic heterocycles. The van der Waals surface area contributed by atoms with Gasteiger partial charge in [-0.05, 0) is 43.3 Å². The molecule has 0 radical (unpaired) electrons. The molecule has 0 aliphatic carbocycles. The third-order valence-electron chi connectivity index (χ3n) is 3.33. The van der Waals surface area contributed by atoms with Gasteiger partial charge in [0.1, 0.15) is 5.58 Å². The van der Waals surface area contributed by atoms with E-state index in [-0.39, 0.29) is 11.4 Å². The minimum Gasteiger partial charge on any atom is -0.465 e. The number of nitrogens with zero attached hydrogens (tertiary/aromatic N) is 1. The van der Waals surface area contributed by atoms with Crippen molar-refractivity contribution in [1.29, 1.82) is 0 Å². The van der Waals surface area contributed by atoms with Crippen molar-refractivity contribution in [3.05, 3.63) is 63.9 Å². The molecule has 3 aromatic rings. The first kappa shape index (κ1) is 14.0. The molecule has 0 fully saturated rings. The Kier molecular flexibility index (Phi) is 3.47. The number of benzene rings is 2. The molecule has 0 saturated heterocycles. The van der Waals surface area contributed by atoms with Gasteiger partial charge in [0.05, 0.1) is 18.1 Å².